The number of nitrogens with one attached hydrogen (secondary N) is 1. The minimum Gasteiger partial charge on any atom is -0.313 e. The van der Waals surface area contributed by atoms with Gasteiger partial charge in [-0.15, -0.1) is 0 Å². The zero-order valence-corrected chi connectivity index (χ0v) is 11.6. The minimum atomic E-state index is 0.833. The van der Waals surface area contributed by atoms with Crippen LogP contribution < -0.4 is 5.32 Å². The molecule has 3 aromatic heterocycles. The molecule has 0 aliphatic heterocycles. The third-order valence-corrected chi connectivity index (χ3v) is 3.74. The van der Waals surface area contributed by atoms with Crippen LogP contribution in [0.1, 0.15) is 12.5 Å². The first-order valence-electron chi connectivity index (χ1n) is 6.35. The fourth-order valence-corrected chi connectivity index (χ4v) is 2.74. The van der Waals surface area contributed by atoms with Crippen LogP contribution in [0.15, 0.2) is 41.4 Å². The third-order valence-electron chi connectivity index (χ3n) is 3.05. The van der Waals surface area contributed by atoms with Crippen molar-refractivity contribution in [1.82, 2.24) is 15.3 Å². The summed E-state index contributed by atoms with van der Waals surface area (Å²) in [6, 6.07) is 6.27. The van der Waals surface area contributed by atoms with E-state index < -0.39 is 0 Å². The lowest BCUT2D eigenvalue weighted by Crippen LogP contribution is -2.13. The maximum atomic E-state index is 4.80. The number of pyridine rings is 2. The first-order chi connectivity index (χ1) is 9.38. The molecule has 0 fully saturated rings. The van der Waals surface area contributed by atoms with Gasteiger partial charge < -0.3 is 5.32 Å². The van der Waals surface area contributed by atoms with Gasteiger partial charge in [0, 0.05) is 35.3 Å². The molecule has 4 heteroatoms. The molecule has 0 aliphatic carbocycles. The summed E-state index contributed by atoms with van der Waals surface area (Å²) in [7, 11) is 0. The monoisotopic (exact) mass is 269 g/mol. The lowest BCUT2D eigenvalue weighted by atomic mass is 10.1. The van der Waals surface area contributed by atoms with E-state index in [0.717, 1.165) is 29.7 Å². The zero-order chi connectivity index (χ0) is 13.1. The van der Waals surface area contributed by atoms with Gasteiger partial charge in [-0.3, -0.25) is 4.98 Å². The van der Waals surface area contributed by atoms with Crippen LogP contribution in [-0.2, 0) is 6.54 Å². The van der Waals surface area contributed by atoms with Gasteiger partial charge in [-0.05, 0) is 35.7 Å². The Kier molecular flexibility index (Phi) is 3.53. The Balaban J connectivity index is 2.15. The van der Waals surface area contributed by atoms with E-state index in [2.05, 4.69) is 40.1 Å². The molecule has 0 amide bonds. The smallest absolute Gasteiger partial charge is 0.0763 e. The van der Waals surface area contributed by atoms with Gasteiger partial charge in [0.05, 0.1) is 11.2 Å². The van der Waals surface area contributed by atoms with Gasteiger partial charge >= 0.3 is 0 Å². The second-order valence-corrected chi connectivity index (χ2v) is 5.14. The SMILES string of the molecule is CCNCc1cc2cnccc2nc1-c1ccsc1. The Labute approximate surface area is 116 Å². The number of thiophene rings is 1. The van der Waals surface area contributed by atoms with Crippen molar-refractivity contribution in [3.63, 3.8) is 0 Å². The number of hydrogen-bond acceptors (Lipinski definition) is 4. The van der Waals surface area contributed by atoms with Crippen molar-refractivity contribution in [3.8, 4) is 11.3 Å². The summed E-state index contributed by atoms with van der Waals surface area (Å²) >= 11 is 1.70. The lowest BCUT2D eigenvalue weighted by Gasteiger charge is -2.10. The molecule has 19 heavy (non-hydrogen) atoms. The first kappa shape index (κ1) is 12.3. The van der Waals surface area contributed by atoms with Gasteiger partial charge in [0.15, 0.2) is 0 Å². The normalized spacial score (nSPS) is 11.0. The summed E-state index contributed by atoms with van der Waals surface area (Å²) in [5, 5.41) is 8.70. The second-order valence-electron chi connectivity index (χ2n) is 4.36. The van der Waals surface area contributed by atoms with E-state index >= 15 is 0 Å². The van der Waals surface area contributed by atoms with Crippen LogP contribution in [0.25, 0.3) is 22.2 Å². The van der Waals surface area contributed by atoms with E-state index in [1.807, 2.05) is 12.3 Å². The molecule has 96 valence electrons. The number of rotatable bonds is 4. The van der Waals surface area contributed by atoms with Crippen molar-refractivity contribution >= 4 is 22.2 Å². The Hall–Kier alpha value is -1.78. The summed E-state index contributed by atoms with van der Waals surface area (Å²) in [4.78, 5) is 8.97. The van der Waals surface area contributed by atoms with E-state index in [0.29, 0.717) is 0 Å². The number of aromatic nitrogens is 2. The topological polar surface area (TPSA) is 37.8 Å². The summed E-state index contributed by atoms with van der Waals surface area (Å²) in [5.41, 5.74) is 4.48. The fraction of sp³-hybridized carbons (Fsp3) is 0.200. The molecule has 0 spiro atoms. The van der Waals surface area contributed by atoms with Crippen LogP contribution in [0.2, 0.25) is 0 Å². The molecular formula is C15H15N3S. The van der Waals surface area contributed by atoms with Crippen molar-refractivity contribution in [1.29, 1.82) is 0 Å². The van der Waals surface area contributed by atoms with Gasteiger partial charge in [-0.1, -0.05) is 6.92 Å². The van der Waals surface area contributed by atoms with Crippen LogP contribution in [0.4, 0.5) is 0 Å². The molecule has 0 radical (unpaired) electrons. The Bertz CT molecular complexity index is 677. The summed E-state index contributed by atoms with van der Waals surface area (Å²) in [6.45, 7) is 3.90. The molecule has 0 saturated heterocycles. The molecule has 0 saturated carbocycles. The molecular weight excluding hydrogens is 254 g/mol. The maximum Gasteiger partial charge on any atom is 0.0763 e. The van der Waals surface area contributed by atoms with E-state index in [-0.39, 0.29) is 0 Å². The van der Waals surface area contributed by atoms with E-state index in [9.17, 15) is 0 Å². The molecule has 0 atom stereocenters. The molecule has 3 aromatic rings. The largest absolute Gasteiger partial charge is 0.313 e. The average molecular weight is 269 g/mol. The van der Waals surface area contributed by atoms with E-state index in [4.69, 9.17) is 4.98 Å². The molecule has 0 bridgehead atoms. The Morgan fingerprint density at radius 1 is 1.32 bits per heavy atom. The predicted molar refractivity (Wildman–Crippen MR) is 80.2 cm³/mol. The number of fused-ring (bicyclic) bond motifs is 1. The van der Waals surface area contributed by atoms with Crippen LogP contribution >= 0.6 is 11.3 Å². The van der Waals surface area contributed by atoms with Crippen molar-refractivity contribution in [3.05, 3.63) is 46.9 Å². The van der Waals surface area contributed by atoms with Crippen LogP contribution in [-0.4, -0.2) is 16.5 Å². The van der Waals surface area contributed by atoms with Crippen molar-refractivity contribution in [2.75, 3.05) is 6.54 Å². The highest BCUT2D eigenvalue weighted by Crippen LogP contribution is 2.27. The van der Waals surface area contributed by atoms with Gasteiger partial charge in [0.1, 0.15) is 0 Å². The van der Waals surface area contributed by atoms with Gasteiger partial charge in [-0.25, -0.2) is 4.98 Å². The van der Waals surface area contributed by atoms with Crippen molar-refractivity contribution < 1.29 is 0 Å². The maximum absolute atomic E-state index is 4.80. The standard InChI is InChI=1S/C15H15N3S/c1-2-16-9-13-7-12-8-17-5-3-14(12)18-15(13)11-4-6-19-10-11/h3-8,10,16H,2,9H2,1H3. The molecule has 3 heterocycles. The van der Waals surface area contributed by atoms with Crippen LogP contribution in [0, 0.1) is 0 Å². The average Bonchev–Trinajstić information content (AvgIpc) is 2.98. The Morgan fingerprint density at radius 2 is 2.26 bits per heavy atom. The fourth-order valence-electron chi connectivity index (χ4n) is 2.10. The highest BCUT2D eigenvalue weighted by atomic mass is 32.1. The van der Waals surface area contributed by atoms with Crippen LogP contribution in [0.5, 0.6) is 0 Å². The molecule has 3 nitrogen and oxygen atoms in total. The zero-order valence-electron chi connectivity index (χ0n) is 10.8. The highest BCUT2D eigenvalue weighted by molar-refractivity contribution is 7.08. The minimum absolute atomic E-state index is 0.833. The summed E-state index contributed by atoms with van der Waals surface area (Å²) < 4.78 is 0. The number of nitrogens with zero attached hydrogens (tertiary/aromatic N) is 2. The summed E-state index contributed by atoms with van der Waals surface area (Å²) in [5.74, 6) is 0. The first-order valence-corrected chi connectivity index (χ1v) is 7.29. The van der Waals surface area contributed by atoms with Crippen molar-refractivity contribution in [2.24, 2.45) is 0 Å². The van der Waals surface area contributed by atoms with Gasteiger partial charge in [0.25, 0.3) is 0 Å². The van der Waals surface area contributed by atoms with Crippen LogP contribution in [0.3, 0.4) is 0 Å². The van der Waals surface area contributed by atoms with Gasteiger partial charge in [-0.2, -0.15) is 11.3 Å². The lowest BCUT2D eigenvalue weighted by molar-refractivity contribution is 0.727. The molecule has 0 unspecified atom stereocenters. The molecule has 0 aromatic carbocycles. The van der Waals surface area contributed by atoms with Crippen molar-refractivity contribution in [2.45, 2.75) is 13.5 Å². The Morgan fingerprint density at radius 3 is 3.05 bits per heavy atom. The third kappa shape index (κ3) is 2.50. The molecule has 1 N–H and O–H groups in total. The molecule has 3 rings (SSSR count). The van der Waals surface area contributed by atoms with Gasteiger partial charge in [0.2, 0.25) is 0 Å². The summed E-state index contributed by atoms with van der Waals surface area (Å²) in [6.07, 6.45) is 3.66. The van der Waals surface area contributed by atoms with E-state index in [1.54, 1.807) is 17.5 Å². The predicted octanol–water partition coefficient (Wildman–Crippen LogP) is 3.47. The molecule has 0 aliphatic rings. The highest BCUT2D eigenvalue weighted by Gasteiger charge is 2.09. The number of hydrogen-bond donors (Lipinski definition) is 1. The van der Waals surface area contributed by atoms with E-state index in [1.165, 1.54) is 11.1 Å². The quantitative estimate of drug-likeness (QED) is 0.788. The second kappa shape index (κ2) is 5.47.